The summed E-state index contributed by atoms with van der Waals surface area (Å²) in [6.45, 7) is 4.19. The molecule has 160 valence electrons. The summed E-state index contributed by atoms with van der Waals surface area (Å²) in [5.41, 5.74) is 10.9. The lowest BCUT2D eigenvalue weighted by Gasteiger charge is -2.08. The molecule has 0 aliphatic heterocycles. The Kier molecular flexibility index (Phi) is 4.87. The normalized spacial score (nSPS) is 11.7. The van der Waals surface area contributed by atoms with Crippen LogP contribution in [0.1, 0.15) is 35.9 Å². The number of aromatic amines is 1. The number of amides is 1. The fourth-order valence-corrected chi connectivity index (χ4v) is 4.52. The van der Waals surface area contributed by atoms with Gasteiger partial charge in [0.25, 0.3) is 5.91 Å². The number of nitrogens with zero attached hydrogens (tertiary/aromatic N) is 4. The molecule has 7 nitrogen and oxygen atoms in total. The lowest BCUT2D eigenvalue weighted by atomic mass is 10.0. The van der Waals surface area contributed by atoms with Crippen LogP contribution in [0.5, 0.6) is 0 Å². The van der Waals surface area contributed by atoms with Gasteiger partial charge in [-0.3, -0.25) is 19.3 Å². The molecule has 0 atom stereocenters. The molecular formula is C23H18Cl2N6O. The molecule has 0 spiro atoms. The first-order valence-electron chi connectivity index (χ1n) is 9.95. The molecule has 5 rings (SSSR count). The maximum absolute atomic E-state index is 12.4. The second-order valence-electron chi connectivity index (χ2n) is 7.79. The van der Waals surface area contributed by atoms with Gasteiger partial charge in [0.15, 0.2) is 0 Å². The number of benzene rings is 1. The monoisotopic (exact) mass is 464 g/mol. The van der Waals surface area contributed by atoms with Crippen molar-refractivity contribution in [1.29, 1.82) is 0 Å². The van der Waals surface area contributed by atoms with Gasteiger partial charge in [-0.1, -0.05) is 43.1 Å². The Morgan fingerprint density at radius 3 is 2.59 bits per heavy atom. The number of hydrogen-bond acceptors (Lipinski definition) is 4. The maximum atomic E-state index is 12.4. The largest absolute Gasteiger partial charge is 0.364 e. The van der Waals surface area contributed by atoms with E-state index in [0.717, 1.165) is 27.7 Å². The number of primary amides is 1. The third-order valence-corrected chi connectivity index (χ3v) is 6.07. The topological polar surface area (TPSA) is 102 Å². The summed E-state index contributed by atoms with van der Waals surface area (Å²) in [5, 5.41) is 8.78. The molecule has 0 fully saturated rings. The van der Waals surface area contributed by atoms with Crippen LogP contribution >= 0.6 is 23.2 Å². The van der Waals surface area contributed by atoms with E-state index in [9.17, 15) is 4.79 Å². The number of aromatic nitrogens is 5. The Hall–Kier alpha value is -3.42. The molecule has 0 aliphatic rings. The van der Waals surface area contributed by atoms with E-state index in [4.69, 9.17) is 33.9 Å². The zero-order chi connectivity index (χ0) is 22.6. The fraction of sp³-hybridized carbons (Fsp3) is 0.130. The summed E-state index contributed by atoms with van der Waals surface area (Å²) < 4.78 is 1.66. The minimum absolute atomic E-state index is 0.202. The van der Waals surface area contributed by atoms with Crippen molar-refractivity contribution in [1.82, 2.24) is 24.6 Å². The van der Waals surface area contributed by atoms with E-state index >= 15 is 0 Å². The number of hydrogen-bond donors (Lipinski definition) is 2. The van der Waals surface area contributed by atoms with Gasteiger partial charge in [0, 0.05) is 40.2 Å². The zero-order valence-electron chi connectivity index (χ0n) is 17.2. The predicted octanol–water partition coefficient (Wildman–Crippen LogP) is 5.47. The van der Waals surface area contributed by atoms with Crippen molar-refractivity contribution in [2.24, 2.45) is 5.73 Å². The molecule has 0 unspecified atom stereocenters. The van der Waals surface area contributed by atoms with Crippen molar-refractivity contribution < 1.29 is 4.79 Å². The molecule has 9 heteroatoms. The number of nitrogens with two attached hydrogens (primary N) is 1. The standard InChI is InChI=1S/C23H18Cl2N6O/c1-11(2)19-14(10-28-30-19)12-8-13-17(27-9-12)6-7-31-21(22(26)32)20(29-23(13)31)18-15(24)4-3-5-16(18)25/h3-11H,1-2H3,(H2,26,32)(H,28,30). The quantitative estimate of drug-likeness (QED) is 0.368. The summed E-state index contributed by atoms with van der Waals surface area (Å²) >= 11 is 12.8. The number of halogens is 2. The second kappa shape index (κ2) is 7.62. The molecule has 0 saturated heterocycles. The molecule has 1 amide bonds. The number of rotatable bonds is 4. The number of imidazole rings is 1. The van der Waals surface area contributed by atoms with Gasteiger partial charge in [-0.2, -0.15) is 5.10 Å². The van der Waals surface area contributed by atoms with Gasteiger partial charge in [0.1, 0.15) is 17.0 Å². The first-order valence-corrected chi connectivity index (χ1v) is 10.7. The van der Waals surface area contributed by atoms with Crippen LogP contribution in [-0.2, 0) is 0 Å². The van der Waals surface area contributed by atoms with E-state index in [1.807, 2.05) is 12.1 Å². The van der Waals surface area contributed by atoms with Crippen LogP contribution in [-0.4, -0.2) is 30.5 Å². The molecular weight excluding hydrogens is 447 g/mol. The van der Waals surface area contributed by atoms with Crippen molar-refractivity contribution in [3.05, 3.63) is 70.4 Å². The van der Waals surface area contributed by atoms with E-state index in [0.29, 0.717) is 26.9 Å². The van der Waals surface area contributed by atoms with Crippen molar-refractivity contribution in [2.75, 3.05) is 0 Å². The molecule has 32 heavy (non-hydrogen) atoms. The third-order valence-electron chi connectivity index (χ3n) is 5.44. The second-order valence-corrected chi connectivity index (χ2v) is 8.60. The van der Waals surface area contributed by atoms with Crippen molar-refractivity contribution >= 4 is 45.7 Å². The molecule has 3 N–H and O–H groups in total. The molecule has 0 aliphatic carbocycles. The zero-order valence-corrected chi connectivity index (χ0v) is 18.7. The van der Waals surface area contributed by atoms with Gasteiger partial charge in [-0.05, 0) is 30.2 Å². The van der Waals surface area contributed by atoms with E-state index in [1.54, 1.807) is 41.2 Å². The summed E-state index contributed by atoms with van der Waals surface area (Å²) in [7, 11) is 0. The maximum Gasteiger partial charge on any atom is 0.268 e. The van der Waals surface area contributed by atoms with E-state index < -0.39 is 5.91 Å². The average Bonchev–Trinajstić information content (AvgIpc) is 3.38. The molecule has 0 saturated carbocycles. The van der Waals surface area contributed by atoms with Crippen LogP contribution in [0.4, 0.5) is 0 Å². The minimum Gasteiger partial charge on any atom is -0.364 e. The molecule has 1 aromatic carbocycles. The Balaban J connectivity index is 1.83. The van der Waals surface area contributed by atoms with Gasteiger partial charge >= 0.3 is 0 Å². The third kappa shape index (κ3) is 3.13. The highest BCUT2D eigenvalue weighted by molar-refractivity contribution is 6.39. The molecule has 4 aromatic heterocycles. The Morgan fingerprint density at radius 2 is 1.91 bits per heavy atom. The van der Waals surface area contributed by atoms with Crippen LogP contribution in [0.25, 0.3) is 38.9 Å². The van der Waals surface area contributed by atoms with Crippen LogP contribution < -0.4 is 5.73 Å². The number of carbonyl (C=O) groups is 1. The van der Waals surface area contributed by atoms with Crippen LogP contribution in [0.15, 0.2) is 48.9 Å². The first kappa shape index (κ1) is 20.5. The van der Waals surface area contributed by atoms with Crippen LogP contribution in [0, 0.1) is 0 Å². The SMILES string of the molecule is CC(C)c1[nH]ncc1-c1cnc2ccn3c(C(N)=O)c(-c4c(Cl)cccc4Cl)nc3c2c1. The Morgan fingerprint density at radius 1 is 1.16 bits per heavy atom. The van der Waals surface area contributed by atoms with Crippen molar-refractivity contribution in [3.63, 3.8) is 0 Å². The van der Waals surface area contributed by atoms with Crippen molar-refractivity contribution in [3.8, 4) is 22.4 Å². The van der Waals surface area contributed by atoms with Crippen LogP contribution in [0.3, 0.4) is 0 Å². The van der Waals surface area contributed by atoms with Gasteiger partial charge in [0.2, 0.25) is 0 Å². The van der Waals surface area contributed by atoms with Gasteiger partial charge in [-0.25, -0.2) is 4.98 Å². The Labute approximate surface area is 193 Å². The minimum atomic E-state index is -0.635. The Bertz CT molecular complexity index is 1500. The number of nitrogens with one attached hydrogen (secondary N) is 1. The van der Waals surface area contributed by atoms with Gasteiger partial charge in [0.05, 0.1) is 21.8 Å². The smallest absolute Gasteiger partial charge is 0.268 e. The fourth-order valence-electron chi connectivity index (χ4n) is 3.95. The molecule has 5 aromatic rings. The summed E-state index contributed by atoms with van der Waals surface area (Å²) in [4.78, 5) is 21.8. The lowest BCUT2D eigenvalue weighted by Crippen LogP contribution is -2.15. The average molecular weight is 465 g/mol. The van der Waals surface area contributed by atoms with E-state index in [2.05, 4.69) is 29.0 Å². The molecule has 0 radical (unpaired) electrons. The molecule has 4 heterocycles. The van der Waals surface area contributed by atoms with Gasteiger partial charge in [-0.15, -0.1) is 0 Å². The highest BCUT2D eigenvalue weighted by Crippen LogP contribution is 2.38. The number of H-pyrrole nitrogens is 1. The number of carbonyl (C=O) groups excluding carboxylic acids is 1. The predicted molar refractivity (Wildman–Crippen MR) is 126 cm³/mol. The first-order chi connectivity index (χ1) is 15.4. The lowest BCUT2D eigenvalue weighted by molar-refractivity contribution is 0.0995. The van der Waals surface area contributed by atoms with Crippen molar-refractivity contribution in [2.45, 2.75) is 19.8 Å². The summed E-state index contributed by atoms with van der Waals surface area (Å²) in [6, 6.07) is 8.93. The number of fused-ring (bicyclic) bond motifs is 3. The molecule has 0 bridgehead atoms. The summed E-state index contributed by atoms with van der Waals surface area (Å²) in [6.07, 6.45) is 5.32. The highest BCUT2D eigenvalue weighted by atomic mass is 35.5. The van der Waals surface area contributed by atoms with E-state index in [1.165, 1.54) is 0 Å². The highest BCUT2D eigenvalue weighted by Gasteiger charge is 2.24. The summed E-state index contributed by atoms with van der Waals surface area (Å²) in [5.74, 6) is -0.371. The van der Waals surface area contributed by atoms with Crippen LogP contribution in [0.2, 0.25) is 10.0 Å². The van der Waals surface area contributed by atoms with Gasteiger partial charge < -0.3 is 5.73 Å². The van der Waals surface area contributed by atoms with E-state index in [-0.39, 0.29) is 11.6 Å². The number of pyridine rings is 2.